The lowest BCUT2D eigenvalue weighted by Gasteiger charge is -2.35. The van der Waals surface area contributed by atoms with Crippen LogP contribution in [0.4, 0.5) is 0 Å². The van der Waals surface area contributed by atoms with Gasteiger partial charge in [-0.15, -0.1) is 0 Å². The highest BCUT2D eigenvalue weighted by Crippen LogP contribution is 2.47. The van der Waals surface area contributed by atoms with E-state index in [2.05, 4.69) is 11.5 Å². The maximum Gasteiger partial charge on any atom is 0.290 e. The Balaban J connectivity index is 1.45. The minimum absolute atomic E-state index is 0.0703. The third-order valence-corrected chi connectivity index (χ3v) is 7.70. The van der Waals surface area contributed by atoms with Crippen molar-refractivity contribution in [3.8, 4) is 11.5 Å². The Hall–Kier alpha value is -2.84. The summed E-state index contributed by atoms with van der Waals surface area (Å²) in [5.41, 5.74) is 1.34. The molecule has 3 heterocycles. The lowest BCUT2D eigenvalue weighted by Crippen LogP contribution is -2.39. The molecule has 3 atom stereocenters. The van der Waals surface area contributed by atoms with Gasteiger partial charge in [0, 0.05) is 26.2 Å². The molecule has 1 saturated carbocycles. The average Bonchev–Trinajstić information content (AvgIpc) is 3.19. The zero-order valence-electron chi connectivity index (χ0n) is 21.1. The maximum absolute atomic E-state index is 13.8. The zero-order chi connectivity index (χ0) is 25.1. The van der Waals surface area contributed by atoms with Crippen molar-refractivity contribution in [2.75, 3.05) is 53.1 Å². The first kappa shape index (κ1) is 24.8. The first-order valence-electron chi connectivity index (χ1n) is 13.1. The minimum Gasteiger partial charge on any atom is -0.493 e. The number of nitrogens with zero attached hydrogens (tertiary/aromatic N) is 2. The molecular formula is C28H36N2O6. The summed E-state index contributed by atoms with van der Waals surface area (Å²) >= 11 is 0. The number of rotatable bonds is 9. The average molecular weight is 497 g/mol. The normalized spacial score (nSPS) is 26.4. The molecule has 0 radical (unpaired) electrons. The van der Waals surface area contributed by atoms with Crippen molar-refractivity contribution in [2.24, 2.45) is 5.92 Å². The molecule has 3 unspecified atom stereocenters. The topological polar surface area (TPSA) is 77.5 Å². The van der Waals surface area contributed by atoms with Crippen molar-refractivity contribution in [1.82, 2.24) is 9.80 Å². The van der Waals surface area contributed by atoms with E-state index in [-0.39, 0.29) is 29.5 Å². The van der Waals surface area contributed by atoms with Gasteiger partial charge in [-0.1, -0.05) is 25.1 Å². The summed E-state index contributed by atoms with van der Waals surface area (Å²) in [7, 11) is 1.59. The summed E-state index contributed by atoms with van der Waals surface area (Å²) in [4.78, 5) is 31.7. The number of ketones is 1. The fourth-order valence-corrected chi connectivity index (χ4v) is 5.88. The summed E-state index contributed by atoms with van der Waals surface area (Å²) in [6.45, 7) is 8.77. The van der Waals surface area contributed by atoms with Gasteiger partial charge in [0.2, 0.25) is 0 Å². The summed E-state index contributed by atoms with van der Waals surface area (Å²) in [5, 5.41) is 0. The number of benzene rings is 1. The summed E-state index contributed by atoms with van der Waals surface area (Å²) in [6.07, 6.45) is 5.98. The second kappa shape index (κ2) is 11.0. The number of morpholine rings is 1. The first-order valence-corrected chi connectivity index (χ1v) is 13.1. The lowest BCUT2D eigenvalue weighted by atomic mass is 9.77. The van der Waals surface area contributed by atoms with E-state index in [1.165, 1.54) is 0 Å². The number of carbonyl (C=O) groups excluding carboxylic acids is 2. The van der Waals surface area contributed by atoms with Crippen LogP contribution in [0, 0.1) is 5.92 Å². The molecule has 0 aromatic heterocycles. The predicted molar refractivity (Wildman–Crippen MR) is 134 cm³/mol. The van der Waals surface area contributed by atoms with Crippen LogP contribution in [0.3, 0.4) is 0 Å². The number of fused-ring (bicyclic) bond motifs is 1. The fourth-order valence-electron chi connectivity index (χ4n) is 5.88. The molecule has 8 heteroatoms. The van der Waals surface area contributed by atoms with Gasteiger partial charge in [-0.2, -0.15) is 0 Å². The van der Waals surface area contributed by atoms with Crippen LogP contribution in [0.25, 0.3) is 0 Å². The Kier molecular flexibility index (Phi) is 7.62. The number of carbonyl (C=O) groups is 2. The second-order valence-electron chi connectivity index (χ2n) is 9.87. The fraction of sp³-hybridized carbons (Fsp3) is 0.571. The van der Waals surface area contributed by atoms with Gasteiger partial charge >= 0.3 is 0 Å². The number of hydrogen-bond acceptors (Lipinski definition) is 7. The molecule has 1 aliphatic carbocycles. The van der Waals surface area contributed by atoms with Gasteiger partial charge in [0.1, 0.15) is 12.7 Å². The van der Waals surface area contributed by atoms with Crippen LogP contribution in [0.5, 0.6) is 11.5 Å². The van der Waals surface area contributed by atoms with E-state index in [0.717, 1.165) is 70.5 Å². The molecule has 36 heavy (non-hydrogen) atoms. The van der Waals surface area contributed by atoms with Crippen molar-refractivity contribution in [3.63, 3.8) is 0 Å². The molecule has 194 valence electrons. The highest BCUT2D eigenvalue weighted by molar-refractivity contribution is 6.11. The summed E-state index contributed by atoms with van der Waals surface area (Å²) in [6, 6.07) is 5.14. The molecule has 4 aliphatic rings. The second-order valence-corrected chi connectivity index (χ2v) is 9.87. The van der Waals surface area contributed by atoms with E-state index in [1.54, 1.807) is 13.2 Å². The third-order valence-electron chi connectivity index (χ3n) is 7.70. The highest BCUT2D eigenvalue weighted by atomic mass is 16.5. The van der Waals surface area contributed by atoms with Crippen molar-refractivity contribution in [2.45, 2.75) is 44.2 Å². The largest absolute Gasteiger partial charge is 0.493 e. The molecule has 1 aromatic rings. The van der Waals surface area contributed by atoms with Crippen LogP contribution < -0.4 is 9.47 Å². The zero-order valence-corrected chi connectivity index (χ0v) is 21.1. The monoisotopic (exact) mass is 496 g/mol. The quantitative estimate of drug-likeness (QED) is 0.486. The number of methoxy groups -OCH3 is 1. The van der Waals surface area contributed by atoms with Crippen molar-refractivity contribution in [1.29, 1.82) is 0 Å². The van der Waals surface area contributed by atoms with Gasteiger partial charge in [-0.3, -0.25) is 14.5 Å². The van der Waals surface area contributed by atoms with E-state index in [4.69, 9.17) is 18.9 Å². The van der Waals surface area contributed by atoms with E-state index in [1.807, 2.05) is 23.1 Å². The van der Waals surface area contributed by atoms with E-state index in [0.29, 0.717) is 30.2 Å². The summed E-state index contributed by atoms with van der Waals surface area (Å²) in [5.74, 6) is 1.13. The van der Waals surface area contributed by atoms with Crippen molar-refractivity contribution >= 4 is 11.7 Å². The predicted octanol–water partition coefficient (Wildman–Crippen LogP) is 3.28. The Bertz CT molecular complexity index is 1030. The third kappa shape index (κ3) is 4.76. The van der Waals surface area contributed by atoms with Gasteiger partial charge in [-0.25, -0.2) is 0 Å². The van der Waals surface area contributed by atoms with Crippen LogP contribution in [0.2, 0.25) is 0 Å². The summed E-state index contributed by atoms with van der Waals surface area (Å²) < 4.78 is 23.1. The molecule has 1 amide bonds. The Morgan fingerprint density at radius 2 is 1.92 bits per heavy atom. The maximum atomic E-state index is 13.8. The van der Waals surface area contributed by atoms with Gasteiger partial charge in [-0.05, 0) is 43.4 Å². The Morgan fingerprint density at radius 3 is 2.69 bits per heavy atom. The van der Waals surface area contributed by atoms with E-state index in [9.17, 15) is 9.59 Å². The number of ether oxygens (including phenoxy) is 4. The van der Waals surface area contributed by atoms with Gasteiger partial charge < -0.3 is 23.8 Å². The van der Waals surface area contributed by atoms with Crippen LogP contribution in [0.1, 0.15) is 43.7 Å². The smallest absolute Gasteiger partial charge is 0.290 e. The molecule has 0 spiro atoms. The minimum atomic E-state index is -0.491. The van der Waals surface area contributed by atoms with Gasteiger partial charge in [0.05, 0.1) is 37.9 Å². The van der Waals surface area contributed by atoms with Gasteiger partial charge in [0.15, 0.2) is 23.0 Å². The van der Waals surface area contributed by atoms with Crippen LogP contribution in [-0.2, 0) is 19.1 Å². The van der Waals surface area contributed by atoms with Crippen LogP contribution in [0.15, 0.2) is 42.2 Å². The van der Waals surface area contributed by atoms with Gasteiger partial charge in [0.25, 0.3) is 5.91 Å². The molecule has 5 rings (SSSR count). The molecule has 2 fully saturated rings. The molecule has 0 N–H and O–H groups in total. The first-order chi connectivity index (χ1) is 17.6. The van der Waals surface area contributed by atoms with Crippen molar-refractivity contribution < 1.29 is 28.5 Å². The van der Waals surface area contributed by atoms with Crippen LogP contribution in [-0.4, -0.2) is 80.7 Å². The van der Waals surface area contributed by atoms with Crippen molar-refractivity contribution in [3.05, 3.63) is 47.7 Å². The molecule has 8 nitrogen and oxygen atoms in total. The Morgan fingerprint density at radius 1 is 1.11 bits per heavy atom. The molecule has 1 aromatic carbocycles. The molecular weight excluding hydrogens is 460 g/mol. The van der Waals surface area contributed by atoms with E-state index >= 15 is 0 Å². The molecule has 3 aliphatic heterocycles. The molecule has 1 saturated heterocycles. The molecule has 0 bridgehead atoms. The number of amides is 1. The van der Waals surface area contributed by atoms with E-state index < -0.39 is 6.04 Å². The highest BCUT2D eigenvalue weighted by Gasteiger charge is 2.51. The number of hydrogen-bond donors (Lipinski definition) is 0. The standard InChI is InChI=1S/C28H36N2O6/c1-3-15-35-22-10-9-19(18-23(22)33-2)25-24-26(31)20-7-4-5-8-21(20)36-27(24)28(32)30(25)12-6-11-29-13-16-34-17-14-29/h3,9-10,18,20-21,25H,1,4-8,11-17H2,2H3. The number of Topliss-reactive ketones (excluding diaryl/α,β-unsaturated/α-hetero) is 1. The SMILES string of the molecule is C=CCOc1ccc(C2C3=C(OC4CCCCC4C3=O)C(=O)N2CCCN2CCOCC2)cc1OC. The lowest BCUT2D eigenvalue weighted by molar-refractivity contribution is -0.135. The Labute approximate surface area is 212 Å². The van der Waals surface area contributed by atoms with Crippen LogP contribution >= 0.6 is 0 Å².